The van der Waals surface area contributed by atoms with Crippen LogP contribution in [0.2, 0.25) is 10.0 Å². The molecule has 0 atom stereocenters. The van der Waals surface area contributed by atoms with Gasteiger partial charge in [-0.05, 0) is 18.6 Å². The molecule has 0 heterocycles. The van der Waals surface area contributed by atoms with Crippen LogP contribution in [0.1, 0.15) is 11.1 Å². The summed E-state index contributed by atoms with van der Waals surface area (Å²) in [6.45, 7) is 1.67. The van der Waals surface area contributed by atoms with Gasteiger partial charge in [0, 0.05) is 5.02 Å². The van der Waals surface area contributed by atoms with Gasteiger partial charge in [-0.1, -0.05) is 47.0 Å². The molecule has 0 aliphatic carbocycles. The van der Waals surface area contributed by atoms with E-state index in [1.54, 1.807) is 6.92 Å². The second kappa shape index (κ2) is 4.09. The van der Waals surface area contributed by atoms with Crippen molar-refractivity contribution in [3.8, 4) is 0 Å². The second-order valence-corrected chi connectivity index (χ2v) is 4.22. The Morgan fingerprint density at radius 1 is 1.46 bits per heavy atom. The van der Waals surface area contributed by atoms with Gasteiger partial charge in [0.2, 0.25) is 0 Å². The van der Waals surface area contributed by atoms with Gasteiger partial charge in [-0.3, -0.25) is 0 Å². The number of rotatable bonds is 1. The molecule has 0 aliphatic heterocycles. The number of hydrogen-bond donors (Lipinski definition) is 0. The fraction of sp³-hybridized carbons (Fsp3) is 0.125. The van der Waals surface area contributed by atoms with E-state index in [-0.39, 0.29) is 19.9 Å². The number of hydrogen-bond acceptors (Lipinski definition) is 1. The van der Waals surface area contributed by atoms with Crippen molar-refractivity contribution in [3.05, 3.63) is 33.1 Å². The molecular weight excluding hydrogens is 254 g/mol. The van der Waals surface area contributed by atoms with Gasteiger partial charge >= 0.3 is 0 Å². The normalized spacial score (nSPS) is 10.2. The number of thiocarbonyl (C=S) groups is 1. The lowest BCUT2D eigenvalue weighted by Crippen LogP contribution is -1.97. The fourth-order valence-corrected chi connectivity index (χ4v) is 1.88. The summed E-state index contributed by atoms with van der Waals surface area (Å²) in [5, 5.41) is 0.434. The van der Waals surface area contributed by atoms with Crippen LogP contribution in [0.5, 0.6) is 0 Å². The summed E-state index contributed by atoms with van der Waals surface area (Å²) in [6.07, 6.45) is 0. The van der Waals surface area contributed by atoms with Crippen LogP contribution >= 0.6 is 47.0 Å². The van der Waals surface area contributed by atoms with Crippen LogP contribution in [0.15, 0.2) is 6.07 Å². The molecule has 0 saturated heterocycles. The Balaban J connectivity index is 3.53. The molecule has 0 spiro atoms. The Morgan fingerprint density at radius 3 is 2.46 bits per heavy atom. The molecule has 0 saturated carbocycles. The molecule has 1 rings (SSSR count). The van der Waals surface area contributed by atoms with E-state index >= 15 is 0 Å². The first-order chi connectivity index (χ1) is 5.95. The molecule has 1 aromatic carbocycles. The maximum atomic E-state index is 13.2. The van der Waals surface area contributed by atoms with E-state index in [4.69, 9.17) is 34.8 Å². The summed E-state index contributed by atoms with van der Waals surface area (Å²) in [6, 6.07) is 1.15. The van der Waals surface area contributed by atoms with Gasteiger partial charge in [0.1, 0.15) is 10.1 Å². The largest absolute Gasteiger partial charge is 0.206 e. The zero-order valence-corrected chi connectivity index (χ0v) is 9.58. The first-order valence-corrected chi connectivity index (χ1v) is 4.83. The predicted octanol–water partition coefficient (Wildman–Crippen LogP) is 4.36. The molecule has 0 aliphatic rings. The zero-order valence-electron chi connectivity index (χ0n) is 6.50. The topological polar surface area (TPSA) is 0 Å². The van der Waals surface area contributed by atoms with Crippen LogP contribution in [0.4, 0.5) is 4.39 Å². The Morgan fingerprint density at radius 2 is 2.00 bits per heavy atom. The molecule has 0 aromatic heterocycles. The lowest BCUT2D eigenvalue weighted by Gasteiger charge is -2.07. The third-order valence-corrected chi connectivity index (χ3v) is 2.85. The van der Waals surface area contributed by atoms with E-state index in [1.807, 2.05) is 0 Å². The highest BCUT2D eigenvalue weighted by Gasteiger charge is 2.15. The van der Waals surface area contributed by atoms with Crippen LogP contribution in [0, 0.1) is 12.7 Å². The summed E-state index contributed by atoms with van der Waals surface area (Å²) in [7, 11) is 0. The minimum absolute atomic E-state index is 0.0419. The van der Waals surface area contributed by atoms with Crippen molar-refractivity contribution in [1.29, 1.82) is 0 Å². The van der Waals surface area contributed by atoms with Crippen LogP contribution < -0.4 is 0 Å². The summed E-state index contributed by atoms with van der Waals surface area (Å²) >= 11 is 21.6. The number of halogens is 4. The molecule has 0 amide bonds. The van der Waals surface area contributed by atoms with E-state index in [2.05, 4.69) is 12.2 Å². The minimum Gasteiger partial charge on any atom is -0.206 e. The average Bonchev–Trinajstić information content (AvgIpc) is 1.99. The van der Waals surface area contributed by atoms with Crippen molar-refractivity contribution in [2.45, 2.75) is 6.92 Å². The highest BCUT2D eigenvalue weighted by Crippen LogP contribution is 2.30. The maximum Gasteiger partial charge on any atom is 0.135 e. The Kier molecular flexibility index (Phi) is 3.52. The van der Waals surface area contributed by atoms with E-state index in [0.717, 1.165) is 6.07 Å². The van der Waals surface area contributed by atoms with E-state index < -0.39 is 5.82 Å². The van der Waals surface area contributed by atoms with Crippen molar-refractivity contribution in [1.82, 2.24) is 0 Å². The highest BCUT2D eigenvalue weighted by molar-refractivity contribution is 7.83. The monoisotopic (exact) mass is 256 g/mol. The standard InChI is InChI=1S/C8H4Cl3FS/c1-3-4(9)2-5(12)6(7(3)10)8(11)13/h2H,1H3. The molecule has 0 N–H and O–H groups in total. The summed E-state index contributed by atoms with van der Waals surface area (Å²) in [5.74, 6) is -0.597. The molecule has 70 valence electrons. The van der Waals surface area contributed by atoms with Crippen LogP contribution in [-0.2, 0) is 0 Å². The third-order valence-electron chi connectivity index (χ3n) is 1.60. The summed E-state index contributed by atoms with van der Waals surface area (Å²) < 4.78 is 13.1. The molecule has 0 unspecified atom stereocenters. The Labute approximate surface area is 95.6 Å². The molecule has 0 radical (unpaired) electrons. The maximum absolute atomic E-state index is 13.2. The van der Waals surface area contributed by atoms with E-state index in [1.165, 1.54) is 0 Å². The lowest BCUT2D eigenvalue weighted by molar-refractivity contribution is 0.626. The first kappa shape index (κ1) is 11.2. The fourth-order valence-electron chi connectivity index (χ4n) is 0.869. The van der Waals surface area contributed by atoms with E-state index in [0.29, 0.717) is 5.56 Å². The number of benzene rings is 1. The Bertz CT molecular complexity index is 376. The highest BCUT2D eigenvalue weighted by atomic mass is 35.5. The molecule has 0 nitrogen and oxygen atoms in total. The Hall–Kier alpha value is 0.110. The van der Waals surface area contributed by atoms with Crippen molar-refractivity contribution in [3.63, 3.8) is 0 Å². The van der Waals surface area contributed by atoms with E-state index in [9.17, 15) is 4.39 Å². The summed E-state index contributed by atoms with van der Waals surface area (Å²) in [4.78, 5) is 0. The molecule has 5 heteroatoms. The van der Waals surface area contributed by atoms with Crippen molar-refractivity contribution >= 4 is 51.3 Å². The summed E-state index contributed by atoms with van der Waals surface area (Å²) in [5.41, 5.74) is 0.614. The second-order valence-electron chi connectivity index (χ2n) is 2.43. The predicted molar refractivity (Wildman–Crippen MR) is 58.7 cm³/mol. The van der Waals surface area contributed by atoms with Crippen LogP contribution in [0.3, 0.4) is 0 Å². The third kappa shape index (κ3) is 2.13. The van der Waals surface area contributed by atoms with Gasteiger partial charge < -0.3 is 0 Å². The molecule has 13 heavy (non-hydrogen) atoms. The van der Waals surface area contributed by atoms with Gasteiger partial charge in [-0.25, -0.2) is 4.39 Å². The molecule has 1 aromatic rings. The average molecular weight is 258 g/mol. The minimum atomic E-state index is -0.597. The van der Waals surface area contributed by atoms with Gasteiger partial charge in [0.05, 0.1) is 10.6 Å². The lowest BCUT2D eigenvalue weighted by atomic mass is 10.1. The van der Waals surface area contributed by atoms with Crippen molar-refractivity contribution in [2.75, 3.05) is 0 Å². The van der Waals surface area contributed by atoms with Gasteiger partial charge in [0.15, 0.2) is 0 Å². The molecular formula is C8H4Cl3FS. The van der Waals surface area contributed by atoms with Crippen molar-refractivity contribution in [2.24, 2.45) is 0 Å². The van der Waals surface area contributed by atoms with Crippen LogP contribution in [-0.4, -0.2) is 4.32 Å². The SMILES string of the molecule is Cc1c(Cl)cc(F)c(C(=S)Cl)c1Cl. The van der Waals surface area contributed by atoms with Gasteiger partial charge in [-0.15, -0.1) is 0 Å². The zero-order chi connectivity index (χ0) is 10.2. The first-order valence-electron chi connectivity index (χ1n) is 3.29. The van der Waals surface area contributed by atoms with Gasteiger partial charge in [0.25, 0.3) is 0 Å². The van der Waals surface area contributed by atoms with Crippen LogP contribution in [0.25, 0.3) is 0 Å². The van der Waals surface area contributed by atoms with Crippen molar-refractivity contribution < 1.29 is 4.39 Å². The van der Waals surface area contributed by atoms with Gasteiger partial charge in [-0.2, -0.15) is 0 Å². The quantitative estimate of drug-likeness (QED) is 0.532. The molecule has 0 fully saturated rings. The molecule has 0 bridgehead atoms. The smallest absolute Gasteiger partial charge is 0.135 e.